The third-order valence-corrected chi connectivity index (χ3v) is 4.53. The fourth-order valence-corrected chi connectivity index (χ4v) is 3.17. The van der Waals surface area contributed by atoms with Crippen molar-refractivity contribution in [2.24, 2.45) is 5.92 Å². The summed E-state index contributed by atoms with van der Waals surface area (Å²) in [4.78, 5) is 31.9. The van der Waals surface area contributed by atoms with E-state index >= 15 is 0 Å². The lowest BCUT2D eigenvalue weighted by atomic mass is 10.1. The van der Waals surface area contributed by atoms with Crippen LogP contribution in [0.3, 0.4) is 0 Å². The Morgan fingerprint density at radius 1 is 1.14 bits per heavy atom. The molecule has 0 saturated carbocycles. The molecule has 0 unspecified atom stereocenters. The number of imidazole rings is 1. The summed E-state index contributed by atoms with van der Waals surface area (Å²) in [6.45, 7) is 6.33. The number of para-hydroxylation sites is 2. The molecule has 0 aliphatic heterocycles. The minimum Gasteiger partial charge on any atom is -0.368 e. The van der Waals surface area contributed by atoms with Gasteiger partial charge in [0.2, 0.25) is 17.8 Å². The highest BCUT2D eigenvalue weighted by Crippen LogP contribution is 2.23. The van der Waals surface area contributed by atoms with Crippen molar-refractivity contribution in [3.63, 3.8) is 0 Å². The van der Waals surface area contributed by atoms with Crippen molar-refractivity contribution in [1.29, 1.82) is 0 Å². The summed E-state index contributed by atoms with van der Waals surface area (Å²) < 4.78 is 2.01. The molecule has 2 heterocycles. The van der Waals surface area contributed by atoms with Gasteiger partial charge in [-0.2, -0.15) is 15.0 Å². The number of carbonyl (C=O) groups excluding carboxylic acids is 1. The second-order valence-electron chi connectivity index (χ2n) is 7.68. The Balaban J connectivity index is 1.82. The van der Waals surface area contributed by atoms with Gasteiger partial charge in [-0.15, -0.1) is 0 Å². The van der Waals surface area contributed by atoms with E-state index in [9.17, 15) is 4.79 Å². The van der Waals surface area contributed by atoms with Crippen LogP contribution in [0, 0.1) is 5.92 Å². The van der Waals surface area contributed by atoms with Crippen LogP contribution in [0.25, 0.3) is 11.0 Å². The molecule has 3 rings (SSSR count). The summed E-state index contributed by atoms with van der Waals surface area (Å²) in [7, 11) is 3.64. The maximum Gasteiger partial charge on any atom is 0.243 e. The predicted octanol–water partition coefficient (Wildman–Crippen LogP) is 1.95. The van der Waals surface area contributed by atoms with Crippen LogP contribution in [0.15, 0.2) is 24.3 Å². The number of hydrogen-bond donors (Lipinski definition) is 2. The van der Waals surface area contributed by atoms with Crippen molar-refractivity contribution in [3.8, 4) is 0 Å². The van der Waals surface area contributed by atoms with Crippen LogP contribution in [0.5, 0.6) is 0 Å². The number of rotatable bonds is 7. The normalized spacial score (nSPS) is 12.3. The van der Waals surface area contributed by atoms with Gasteiger partial charge < -0.3 is 20.5 Å². The summed E-state index contributed by atoms with van der Waals surface area (Å²) in [5, 5.41) is 2.91. The van der Waals surface area contributed by atoms with Crippen molar-refractivity contribution in [1.82, 2.24) is 29.8 Å². The van der Waals surface area contributed by atoms with Crippen molar-refractivity contribution in [2.75, 3.05) is 24.7 Å². The van der Waals surface area contributed by atoms with Crippen LogP contribution >= 0.6 is 0 Å². The first kappa shape index (κ1) is 20.5. The number of nitrogens with one attached hydrogen (secondary N) is 1. The number of hydrogen-bond acceptors (Lipinski definition) is 7. The summed E-state index contributed by atoms with van der Waals surface area (Å²) >= 11 is 0. The minimum atomic E-state index is -0.427. The van der Waals surface area contributed by atoms with Crippen LogP contribution in [0.4, 0.5) is 11.9 Å². The molecule has 0 radical (unpaired) electrons. The Morgan fingerprint density at radius 2 is 1.86 bits per heavy atom. The fraction of sp³-hybridized carbons (Fsp3) is 0.450. The van der Waals surface area contributed by atoms with Gasteiger partial charge in [-0.25, -0.2) is 4.98 Å². The number of carbonyl (C=O) groups is 1. The van der Waals surface area contributed by atoms with Gasteiger partial charge in [0.15, 0.2) is 5.82 Å². The van der Waals surface area contributed by atoms with E-state index in [1.54, 1.807) is 4.90 Å². The zero-order chi connectivity index (χ0) is 21.1. The third kappa shape index (κ3) is 4.61. The lowest BCUT2D eigenvalue weighted by Gasteiger charge is -2.18. The maximum atomic E-state index is 12.9. The molecule has 3 N–H and O–H groups in total. The monoisotopic (exact) mass is 396 g/mol. The molecule has 0 saturated heterocycles. The molecule has 1 aromatic carbocycles. The highest BCUT2D eigenvalue weighted by Gasteiger charge is 2.22. The second-order valence-corrected chi connectivity index (χ2v) is 7.68. The minimum absolute atomic E-state index is 0.126. The summed E-state index contributed by atoms with van der Waals surface area (Å²) in [6, 6.07) is 7.45. The zero-order valence-corrected chi connectivity index (χ0v) is 17.5. The number of amides is 1. The molecule has 2 aromatic heterocycles. The van der Waals surface area contributed by atoms with Crippen LogP contribution in [0.1, 0.15) is 38.5 Å². The second kappa shape index (κ2) is 8.42. The average Bonchev–Trinajstić information content (AvgIpc) is 3.02. The van der Waals surface area contributed by atoms with E-state index < -0.39 is 6.04 Å². The Bertz CT molecular complexity index is 1010. The quantitative estimate of drug-likeness (QED) is 0.627. The summed E-state index contributed by atoms with van der Waals surface area (Å²) in [5.74, 6) is 2.19. The molecule has 29 heavy (non-hydrogen) atoms. The Labute approximate surface area is 170 Å². The number of benzene rings is 1. The average molecular weight is 396 g/mol. The van der Waals surface area contributed by atoms with Crippen molar-refractivity contribution >= 4 is 28.8 Å². The van der Waals surface area contributed by atoms with Crippen LogP contribution in [0.2, 0.25) is 0 Å². The lowest BCUT2D eigenvalue weighted by Crippen LogP contribution is -2.32. The maximum absolute atomic E-state index is 12.9. The van der Waals surface area contributed by atoms with Gasteiger partial charge in [0.05, 0.1) is 17.6 Å². The van der Waals surface area contributed by atoms with E-state index in [2.05, 4.69) is 34.1 Å². The molecule has 9 nitrogen and oxygen atoms in total. The lowest BCUT2D eigenvalue weighted by molar-refractivity contribution is -0.124. The molecule has 0 fully saturated rings. The van der Waals surface area contributed by atoms with E-state index in [-0.39, 0.29) is 18.4 Å². The smallest absolute Gasteiger partial charge is 0.243 e. The van der Waals surface area contributed by atoms with Gasteiger partial charge in [0, 0.05) is 20.5 Å². The number of aromatic nitrogens is 5. The first-order valence-corrected chi connectivity index (χ1v) is 9.67. The Kier molecular flexibility index (Phi) is 5.95. The van der Waals surface area contributed by atoms with Crippen LogP contribution in [-0.2, 0) is 17.8 Å². The largest absolute Gasteiger partial charge is 0.368 e. The number of anilines is 2. The molecular weight excluding hydrogens is 368 g/mol. The first-order chi connectivity index (χ1) is 13.8. The molecule has 3 aromatic rings. The van der Waals surface area contributed by atoms with E-state index in [4.69, 9.17) is 10.7 Å². The molecule has 0 spiro atoms. The Hall–Kier alpha value is -3.23. The number of nitrogens with two attached hydrogens (primary N) is 1. The number of nitrogens with zero attached hydrogens (tertiary/aromatic N) is 6. The SMILES string of the molecule is CC(C)Cc1nc2ccccc2n1[C@H](C)C(=O)NCc1nc(N)nc(N(C)C)n1. The van der Waals surface area contributed by atoms with E-state index in [1.165, 1.54) is 0 Å². The molecule has 0 aliphatic carbocycles. The molecule has 0 aliphatic rings. The summed E-state index contributed by atoms with van der Waals surface area (Å²) in [6.07, 6.45) is 0.794. The molecular formula is C20H28N8O. The molecule has 154 valence electrons. The van der Waals surface area contributed by atoms with Crippen LogP contribution in [-0.4, -0.2) is 44.5 Å². The van der Waals surface area contributed by atoms with E-state index in [0.717, 1.165) is 23.3 Å². The highest BCUT2D eigenvalue weighted by molar-refractivity contribution is 5.84. The topological polar surface area (TPSA) is 115 Å². The van der Waals surface area contributed by atoms with Crippen molar-refractivity contribution in [3.05, 3.63) is 35.9 Å². The van der Waals surface area contributed by atoms with Gasteiger partial charge in [-0.05, 0) is 25.0 Å². The van der Waals surface area contributed by atoms with Gasteiger partial charge >= 0.3 is 0 Å². The first-order valence-electron chi connectivity index (χ1n) is 9.67. The standard InChI is InChI=1S/C20H28N8O/c1-12(2)10-17-23-14-8-6-7-9-15(14)28(17)13(3)18(29)22-11-16-24-19(21)26-20(25-16)27(4)5/h6-9,12-13H,10-11H2,1-5H3,(H,22,29)(H2,21,24,25,26)/t13-/m1/s1. The molecule has 1 amide bonds. The third-order valence-electron chi connectivity index (χ3n) is 4.53. The Morgan fingerprint density at radius 3 is 2.55 bits per heavy atom. The zero-order valence-electron chi connectivity index (χ0n) is 17.5. The van der Waals surface area contributed by atoms with Crippen LogP contribution < -0.4 is 16.0 Å². The molecule has 1 atom stereocenters. The van der Waals surface area contributed by atoms with Gasteiger partial charge in [0.25, 0.3) is 0 Å². The van der Waals surface area contributed by atoms with E-state index in [1.807, 2.05) is 49.9 Å². The number of nitrogen functional groups attached to an aromatic ring is 1. The summed E-state index contributed by atoms with van der Waals surface area (Å²) in [5.41, 5.74) is 7.60. The van der Waals surface area contributed by atoms with Gasteiger partial charge in [-0.3, -0.25) is 4.79 Å². The predicted molar refractivity (Wildman–Crippen MR) is 113 cm³/mol. The molecule has 9 heteroatoms. The van der Waals surface area contributed by atoms with E-state index in [0.29, 0.717) is 17.7 Å². The number of fused-ring (bicyclic) bond motifs is 1. The molecule has 0 bridgehead atoms. The van der Waals surface area contributed by atoms with Gasteiger partial charge in [0.1, 0.15) is 11.9 Å². The van der Waals surface area contributed by atoms with Crippen molar-refractivity contribution in [2.45, 2.75) is 39.8 Å². The highest BCUT2D eigenvalue weighted by atomic mass is 16.2. The fourth-order valence-electron chi connectivity index (χ4n) is 3.17. The van der Waals surface area contributed by atoms with Gasteiger partial charge in [-0.1, -0.05) is 26.0 Å². The van der Waals surface area contributed by atoms with Crippen molar-refractivity contribution < 1.29 is 4.79 Å².